The highest BCUT2D eigenvalue weighted by atomic mass is 16.1. The van der Waals surface area contributed by atoms with Gasteiger partial charge in [-0.1, -0.05) is 26.0 Å². The Balaban J connectivity index is 2.53. The second kappa shape index (κ2) is 3.73. The lowest BCUT2D eigenvalue weighted by Crippen LogP contribution is -2.08. The molecule has 0 aliphatic carbocycles. The monoisotopic (exact) mass is 240 g/mol. The molecule has 18 heavy (non-hydrogen) atoms. The van der Waals surface area contributed by atoms with E-state index in [-0.39, 0.29) is 11.5 Å². The highest BCUT2D eigenvalue weighted by molar-refractivity contribution is 6.08. The summed E-state index contributed by atoms with van der Waals surface area (Å²) in [5.41, 5.74) is 4.29. The molecule has 2 aromatic heterocycles. The largest absolute Gasteiger partial charge is 0.353 e. The van der Waals surface area contributed by atoms with Gasteiger partial charge in [0.25, 0.3) is 0 Å². The third-order valence-electron chi connectivity index (χ3n) is 3.37. The lowest BCUT2D eigenvalue weighted by molar-refractivity contribution is 0.825. The van der Waals surface area contributed by atoms with Gasteiger partial charge in [0.1, 0.15) is 0 Å². The van der Waals surface area contributed by atoms with Crippen LogP contribution in [0.15, 0.2) is 29.1 Å². The number of pyridine rings is 1. The van der Waals surface area contributed by atoms with Crippen molar-refractivity contribution < 1.29 is 0 Å². The first-order valence-electron chi connectivity index (χ1n) is 6.21. The summed E-state index contributed by atoms with van der Waals surface area (Å²) in [5, 5.41) is 2.13. The SMILES string of the molecule is Cc1ccc2c(c1)[nH]c1c(C(C)C)[nH]c(=O)cc12. The van der Waals surface area contributed by atoms with E-state index in [9.17, 15) is 4.79 Å². The van der Waals surface area contributed by atoms with Crippen molar-refractivity contribution in [3.05, 3.63) is 45.9 Å². The fourth-order valence-electron chi connectivity index (χ4n) is 2.49. The van der Waals surface area contributed by atoms with Crippen LogP contribution in [0.2, 0.25) is 0 Å². The van der Waals surface area contributed by atoms with Crippen LogP contribution >= 0.6 is 0 Å². The van der Waals surface area contributed by atoms with Crippen LogP contribution in [0.1, 0.15) is 31.0 Å². The standard InChI is InChI=1S/C15H16N2O/c1-8(2)14-15-11(7-13(18)17-14)10-5-4-9(3)6-12(10)16-15/h4-8,16H,1-3H3,(H,17,18). The molecule has 3 aromatic rings. The van der Waals surface area contributed by atoms with E-state index in [1.54, 1.807) is 6.07 Å². The molecule has 0 atom stereocenters. The van der Waals surface area contributed by atoms with Crippen molar-refractivity contribution in [1.29, 1.82) is 0 Å². The summed E-state index contributed by atoms with van der Waals surface area (Å²) in [6, 6.07) is 7.94. The lowest BCUT2D eigenvalue weighted by Gasteiger charge is -2.05. The van der Waals surface area contributed by atoms with E-state index < -0.39 is 0 Å². The maximum atomic E-state index is 11.7. The molecule has 0 radical (unpaired) electrons. The molecule has 2 heterocycles. The molecule has 0 fully saturated rings. The third kappa shape index (κ3) is 1.55. The zero-order valence-corrected chi connectivity index (χ0v) is 10.8. The van der Waals surface area contributed by atoms with E-state index in [0.717, 1.165) is 27.5 Å². The maximum absolute atomic E-state index is 11.7. The first-order valence-corrected chi connectivity index (χ1v) is 6.21. The molecule has 0 aliphatic heterocycles. The normalized spacial score (nSPS) is 11.8. The van der Waals surface area contributed by atoms with Crippen LogP contribution in [0.5, 0.6) is 0 Å². The fourth-order valence-corrected chi connectivity index (χ4v) is 2.49. The number of aromatic amines is 2. The molecule has 0 spiro atoms. The van der Waals surface area contributed by atoms with Gasteiger partial charge in [-0.25, -0.2) is 0 Å². The fraction of sp³-hybridized carbons (Fsp3) is 0.267. The smallest absolute Gasteiger partial charge is 0.248 e. The molecule has 0 amide bonds. The first kappa shape index (κ1) is 11.1. The average Bonchev–Trinajstić information content (AvgIpc) is 2.65. The number of benzene rings is 1. The molecule has 3 nitrogen and oxygen atoms in total. The molecule has 0 saturated heterocycles. The van der Waals surface area contributed by atoms with Gasteiger partial charge in [-0.05, 0) is 24.5 Å². The van der Waals surface area contributed by atoms with Crippen molar-refractivity contribution >= 4 is 21.8 Å². The maximum Gasteiger partial charge on any atom is 0.248 e. The van der Waals surface area contributed by atoms with Crippen LogP contribution in [-0.4, -0.2) is 9.97 Å². The van der Waals surface area contributed by atoms with Gasteiger partial charge >= 0.3 is 0 Å². The minimum Gasteiger partial charge on any atom is -0.353 e. The number of aromatic nitrogens is 2. The predicted molar refractivity (Wildman–Crippen MR) is 75.3 cm³/mol. The van der Waals surface area contributed by atoms with E-state index in [1.807, 2.05) is 0 Å². The summed E-state index contributed by atoms with van der Waals surface area (Å²) in [7, 11) is 0. The molecule has 3 rings (SSSR count). The van der Waals surface area contributed by atoms with Crippen molar-refractivity contribution in [2.24, 2.45) is 0 Å². The van der Waals surface area contributed by atoms with Gasteiger partial charge in [0.15, 0.2) is 0 Å². The second-order valence-corrected chi connectivity index (χ2v) is 5.16. The van der Waals surface area contributed by atoms with Crippen molar-refractivity contribution in [2.75, 3.05) is 0 Å². The Labute approximate surface area is 105 Å². The Bertz CT molecular complexity index is 793. The zero-order valence-electron chi connectivity index (χ0n) is 10.8. The van der Waals surface area contributed by atoms with Crippen molar-refractivity contribution in [3.8, 4) is 0 Å². The van der Waals surface area contributed by atoms with Crippen molar-refractivity contribution in [2.45, 2.75) is 26.7 Å². The van der Waals surface area contributed by atoms with Crippen LogP contribution in [0, 0.1) is 6.92 Å². The van der Waals surface area contributed by atoms with Gasteiger partial charge in [-0.3, -0.25) is 4.79 Å². The minimum absolute atomic E-state index is 0.0346. The molecule has 0 bridgehead atoms. The van der Waals surface area contributed by atoms with Crippen LogP contribution in [0.4, 0.5) is 0 Å². The highest BCUT2D eigenvalue weighted by Crippen LogP contribution is 2.28. The molecule has 0 saturated carbocycles. The molecular weight excluding hydrogens is 224 g/mol. The first-order chi connectivity index (χ1) is 8.56. The Morgan fingerprint density at radius 1 is 1.06 bits per heavy atom. The zero-order chi connectivity index (χ0) is 12.9. The summed E-state index contributed by atoms with van der Waals surface area (Å²) in [4.78, 5) is 18.1. The quantitative estimate of drug-likeness (QED) is 0.672. The van der Waals surface area contributed by atoms with E-state index in [2.05, 4.69) is 48.9 Å². The van der Waals surface area contributed by atoms with Crippen LogP contribution < -0.4 is 5.56 Å². The van der Waals surface area contributed by atoms with Gasteiger partial charge in [-0.15, -0.1) is 0 Å². The number of hydrogen-bond acceptors (Lipinski definition) is 1. The average molecular weight is 240 g/mol. The van der Waals surface area contributed by atoms with Crippen molar-refractivity contribution in [1.82, 2.24) is 9.97 Å². The minimum atomic E-state index is -0.0346. The van der Waals surface area contributed by atoms with Crippen LogP contribution in [0.25, 0.3) is 21.8 Å². The van der Waals surface area contributed by atoms with Gasteiger partial charge < -0.3 is 9.97 Å². The third-order valence-corrected chi connectivity index (χ3v) is 3.37. The topological polar surface area (TPSA) is 48.6 Å². The van der Waals surface area contributed by atoms with Crippen LogP contribution in [-0.2, 0) is 0 Å². The van der Waals surface area contributed by atoms with Gasteiger partial charge in [0.05, 0.1) is 5.52 Å². The summed E-state index contributed by atoms with van der Waals surface area (Å²) >= 11 is 0. The number of H-pyrrole nitrogens is 2. The molecule has 3 heteroatoms. The van der Waals surface area contributed by atoms with Gasteiger partial charge in [0, 0.05) is 28.0 Å². The molecule has 0 aliphatic rings. The molecule has 1 aromatic carbocycles. The summed E-state index contributed by atoms with van der Waals surface area (Å²) in [6.07, 6.45) is 0. The Hall–Kier alpha value is -2.03. The summed E-state index contributed by atoms with van der Waals surface area (Å²) < 4.78 is 0. The number of fused-ring (bicyclic) bond motifs is 3. The Morgan fingerprint density at radius 3 is 2.56 bits per heavy atom. The Kier molecular flexibility index (Phi) is 2.30. The number of hydrogen-bond donors (Lipinski definition) is 2. The summed E-state index contributed by atoms with van der Waals surface area (Å²) in [6.45, 7) is 6.24. The highest BCUT2D eigenvalue weighted by Gasteiger charge is 2.12. The predicted octanol–water partition coefficient (Wildman–Crippen LogP) is 3.44. The van der Waals surface area contributed by atoms with E-state index in [0.29, 0.717) is 0 Å². The number of nitrogens with one attached hydrogen (secondary N) is 2. The van der Waals surface area contributed by atoms with Crippen LogP contribution in [0.3, 0.4) is 0 Å². The number of aryl methyl sites for hydroxylation is 1. The summed E-state index contributed by atoms with van der Waals surface area (Å²) in [5.74, 6) is 0.288. The molecular formula is C15H16N2O. The molecule has 2 N–H and O–H groups in total. The van der Waals surface area contributed by atoms with E-state index in [4.69, 9.17) is 0 Å². The van der Waals surface area contributed by atoms with Gasteiger partial charge in [-0.2, -0.15) is 0 Å². The lowest BCUT2D eigenvalue weighted by atomic mass is 10.1. The van der Waals surface area contributed by atoms with Gasteiger partial charge in [0.2, 0.25) is 5.56 Å². The number of rotatable bonds is 1. The van der Waals surface area contributed by atoms with E-state index >= 15 is 0 Å². The second-order valence-electron chi connectivity index (χ2n) is 5.16. The van der Waals surface area contributed by atoms with Crippen molar-refractivity contribution in [3.63, 3.8) is 0 Å². The molecule has 92 valence electrons. The van der Waals surface area contributed by atoms with E-state index in [1.165, 1.54) is 5.56 Å². The Morgan fingerprint density at radius 2 is 1.83 bits per heavy atom. The molecule has 0 unspecified atom stereocenters.